The third-order valence-electron chi connectivity index (χ3n) is 5.46. The Hall–Kier alpha value is -1.89. The molecule has 0 aliphatic carbocycles. The SMILES string of the molecule is O=S(=O)(CCCOc1ccccc1)N1CC(N2CCc3ccccc3C2)C1. The number of rotatable bonds is 7. The van der Waals surface area contributed by atoms with Gasteiger partial charge in [0.2, 0.25) is 10.0 Å². The highest BCUT2D eigenvalue weighted by Gasteiger charge is 2.39. The van der Waals surface area contributed by atoms with Crippen molar-refractivity contribution in [3.8, 4) is 5.75 Å². The zero-order valence-corrected chi connectivity index (χ0v) is 16.3. The van der Waals surface area contributed by atoms with E-state index in [0.717, 1.165) is 25.3 Å². The van der Waals surface area contributed by atoms with Crippen molar-refractivity contribution in [2.75, 3.05) is 32.0 Å². The molecule has 0 aromatic heterocycles. The van der Waals surface area contributed by atoms with Crippen LogP contribution in [0.25, 0.3) is 0 Å². The maximum atomic E-state index is 12.5. The standard InChI is InChI=1S/C21H26N2O3S/c24-27(25,14-6-13-26-21-9-2-1-3-10-21)23-16-20(17-23)22-12-11-18-7-4-5-8-19(18)15-22/h1-5,7-10,20H,6,11-17H2. The molecule has 0 amide bonds. The zero-order chi connectivity index (χ0) is 18.7. The summed E-state index contributed by atoms with van der Waals surface area (Å²) in [7, 11) is -3.18. The van der Waals surface area contributed by atoms with Crippen LogP contribution in [-0.4, -0.2) is 55.7 Å². The number of nitrogens with zero attached hydrogens (tertiary/aromatic N) is 2. The van der Waals surface area contributed by atoms with E-state index in [1.54, 1.807) is 4.31 Å². The zero-order valence-electron chi connectivity index (χ0n) is 15.5. The molecule has 6 heteroatoms. The fraction of sp³-hybridized carbons (Fsp3) is 0.429. The van der Waals surface area contributed by atoms with Crippen LogP contribution in [-0.2, 0) is 23.0 Å². The fourth-order valence-electron chi connectivity index (χ4n) is 3.78. The highest BCUT2D eigenvalue weighted by Crippen LogP contribution is 2.26. The summed E-state index contributed by atoms with van der Waals surface area (Å²) in [6.07, 6.45) is 1.56. The summed E-state index contributed by atoms with van der Waals surface area (Å²) in [5.41, 5.74) is 2.80. The van der Waals surface area contributed by atoms with Crippen LogP contribution in [0.15, 0.2) is 54.6 Å². The van der Waals surface area contributed by atoms with Crippen molar-refractivity contribution in [1.82, 2.24) is 9.21 Å². The highest BCUT2D eigenvalue weighted by molar-refractivity contribution is 7.89. The Bertz CT molecular complexity index is 864. The third kappa shape index (κ3) is 4.34. The summed E-state index contributed by atoms with van der Waals surface area (Å²) in [5.74, 6) is 0.930. The van der Waals surface area contributed by atoms with Crippen LogP contribution >= 0.6 is 0 Å². The largest absolute Gasteiger partial charge is 0.494 e. The first-order valence-electron chi connectivity index (χ1n) is 9.58. The van der Waals surface area contributed by atoms with Crippen LogP contribution in [0.2, 0.25) is 0 Å². The molecule has 0 spiro atoms. The monoisotopic (exact) mass is 386 g/mol. The number of sulfonamides is 1. The van der Waals surface area contributed by atoms with Gasteiger partial charge in [0.05, 0.1) is 12.4 Å². The van der Waals surface area contributed by atoms with Crippen molar-refractivity contribution >= 4 is 10.0 Å². The molecule has 2 aliphatic rings. The topological polar surface area (TPSA) is 49.9 Å². The van der Waals surface area contributed by atoms with Gasteiger partial charge in [0.25, 0.3) is 0 Å². The van der Waals surface area contributed by atoms with Gasteiger partial charge in [0.15, 0.2) is 0 Å². The maximum Gasteiger partial charge on any atom is 0.214 e. The maximum absolute atomic E-state index is 12.5. The van der Waals surface area contributed by atoms with Crippen molar-refractivity contribution in [1.29, 1.82) is 0 Å². The van der Waals surface area contributed by atoms with E-state index in [-0.39, 0.29) is 5.75 Å². The second kappa shape index (κ2) is 8.00. The van der Waals surface area contributed by atoms with Crippen molar-refractivity contribution in [3.05, 3.63) is 65.7 Å². The number of hydrogen-bond donors (Lipinski definition) is 0. The van der Waals surface area contributed by atoms with E-state index in [4.69, 9.17) is 4.74 Å². The van der Waals surface area contributed by atoms with Gasteiger partial charge in [-0.2, -0.15) is 4.31 Å². The second-order valence-electron chi connectivity index (χ2n) is 7.29. The summed E-state index contributed by atoms with van der Waals surface area (Å²) in [6.45, 7) is 3.59. The molecule has 1 fully saturated rings. The Labute approximate surface area is 161 Å². The summed E-state index contributed by atoms with van der Waals surface area (Å²) in [4.78, 5) is 2.42. The average Bonchev–Trinajstić information content (AvgIpc) is 2.65. The number of fused-ring (bicyclic) bond motifs is 1. The smallest absolute Gasteiger partial charge is 0.214 e. The molecule has 27 heavy (non-hydrogen) atoms. The van der Waals surface area contributed by atoms with Gasteiger partial charge in [-0.05, 0) is 36.1 Å². The van der Waals surface area contributed by atoms with Gasteiger partial charge in [-0.15, -0.1) is 0 Å². The van der Waals surface area contributed by atoms with Gasteiger partial charge in [-0.3, -0.25) is 4.90 Å². The van der Waals surface area contributed by atoms with Crippen molar-refractivity contribution < 1.29 is 13.2 Å². The van der Waals surface area contributed by atoms with E-state index in [1.807, 2.05) is 30.3 Å². The van der Waals surface area contributed by atoms with Crippen LogP contribution in [0.3, 0.4) is 0 Å². The van der Waals surface area contributed by atoms with Crippen LogP contribution in [0, 0.1) is 0 Å². The Morgan fingerprint density at radius 3 is 2.44 bits per heavy atom. The molecule has 2 aromatic carbocycles. The Kier molecular flexibility index (Phi) is 5.48. The normalized spacial score (nSPS) is 18.7. The van der Waals surface area contributed by atoms with Gasteiger partial charge < -0.3 is 4.74 Å². The Morgan fingerprint density at radius 1 is 0.963 bits per heavy atom. The molecule has 0 saturated carbocycles. The molecule has 2 heterocycles. The van der Waals surface area contributed by atoms with Crippen molar-refractivity contribution in [2.45, 2.75) is 25.4 Å². The Balaban J connectivity index is 1.22. The summed E-state index contributed by atoms with van der Waals surface area (Å²) in [6, 6.07) is 18.4. The fourth-order valence-corrected chi connectivity index (χ4v) is 5.32. The molecule has 1 saturated heterocycles. The minimum absolute atomic E-state index is 0.148. The molecule has 0 bridgehead atoms. The third-order valence-corrected chi connectivity index (χ3v) is 7.35. The second-order valence-corrected chi connectivity index (χ2v) is 9.38. The molecular formula is C21H26N2O3S. The molecule has 2 aliphatic heterocycles. The van der Waals surface area contributed by atoms with Crippen LogP contribution < -0.4 is 4.74 Å². The lowest BCUT2D eigenvalue weighted by atomic mass is 9.97. The molecule has 0 radical (unpaired) electrons. The van der Waals surface area contributed by atoms with E-state index in [9.17, 15) is 8.42 Å². The predicted molar refractivity (Wildman–Crippen MR) is 106 cm³/mol. The van der Waals surface area contributed by atoms with Crippen molar-refractivity contribution in [3.63, 3.8) is 0 Å². The minimum Gasteiger partial charge on any atom is -0.494 e. The quantitative estimate of drug-likeness (QED) is 0.686. The first kappa shape index (κ1) is 18.5. The first-order chi connectivity index (χ1) is 13.1. The number of hydrogen-bond acceptors (Lipinski definition) is 4. The van der Waals surface area contributed by atoms with Gasteiger partial charge in [-0.25, -0.2) is 8.42 Å². The summed E-state index contributed by atoms with van der Waals surface area (Å²) >= 11 is 0. The molecule has 2 aromatic rings. The average molecular weight is 387 g/mol. The van der Waals surface area contributed by atoms with Gasteiger partial charge in [0.1, 0.15) is 5.75 Å². The highest BCUT2D eigenvalue weighted by atomic mass is 32.2. The number of ether oxygens (including phenoxy) is 1. The van der Waals surface area contributed by atoms with Crippen molar-refractivity contribution in [2.24, 2.45) is 0 Å². The predicted octanol–water partition coefficient (Wildman–Crippen LogP) is 2.53. The molecule has 0 N–H and O–H groups in total. The van der Waals surface area contributed by atoms with Crippen LogP contribution in [0.5, 0.6) is 5.75 Å². The van der Waals surface area contributed by atoms with Gasteiger partial charge >= 0.3 is 0 Å². The molecular weight excluding hydrogens is 360 g/mol. The molecule has 144 valence electrons. The lowest BCUT2D eigenvalue weighted by Gasteiger charge is -2.46. The lowest BCUT2D eigenvalue weighted by molar-refractivity contribution is 0.0768. The number of benzene rings is 2. The lowest BCUT2D eigenvalue weighted by Crippen LogP contribution is -2.61. The molecule has 4 rings (SSSR count). The summed E-state index contributed by atoms with van der Waals surface area (Å²) < 4.78 is 32.2. The van der Waals surface area contributed by atoms with E-state index in [0.29, 0.717) is 32.2 Å². The van der Waals surface area contributed by atoms with Gasteiger partial charge in [0, 0.05) is 32.2 Å². The minimum atomic E-state index is -3.18. The Morgan fingerprint density at radius 2 is 1.67 bits per heavy atom. The number of para-hydroxylation sites is 1. The van der Waals surface area contributed by atoms with E-state index >= 15 is 0 Å². The molecule has 0 unspecified atom stereocenters. The molecule has 5 nitrogen and oxygen atoms in total. The summed E-state index contributed by atoms with van der Waals surface area (Å²) in [5, 5.41) is 0. The first-order valence-corrected chi connectivity index (χ1v) is 11.2. The van der Waals surface area contributed by atoms with Crippen LogP contribution in [0.1, 0.15) is 17.5 Å². The van der Waals surface area contributed by atoms with E-state index < -0.39 is 10.0 Å². The molecule has 0 atom stereocenters. The van der Waals surface area contributed by atoms with Gasteiger partial charge in [-0.1, -0.05) is 42.5 Å². The van der Waals surface area contributed by atoms with Crippen LogP contribution in [0.4, 0.5) is 0 Å². The van der Waals surface area contributed by atoms with E-state index in [1.165, 1.54) is 11.1 Å². The van der Waals surface area contributed by atoms with E-state index in [2.05, 4.69) is 29.2 Å².